The van der Waals surface area contributed by atoms with Crippen molar-refractivity contribution in [2.24, 2.45) is 0 Å². The van der Waals surface area contributed by atoms with E-state index in [2.05, 4.69) is 5.32 Å². The second-order valence-corrected chi connectivity index (χ2v) is 11.8. The van der Waals surface area contributed by atoms with Crippen LogP contribution in [0.15, 0.2) is 18.2 Å². The molecular weight excluding hydrogens is 555 g/mol. The Morgan fingerprint density at radius 2 is 1.79 bits per heavy atom. The second kappa shape index (κ2) is 13.9. The van der Waals surface area contributed by atoms with Crippen LogP contribution >= 0.6 is 0 Å². The van der Waals surface area contributed by atoms with E-state index in [4.69, 9.17) is 20.0 Å². The van der Waals surface area contributed by atoms with Gasteiger partial charge in [0.05, 0.1) is 31.0 Å². The van der Waals surface area contributed by atoms with Crippen molar-refractivity contribution in [1.29, 1.82) is 5.41 Å². The molecule has 234 valence electrons. The number of unbranched alkanes of at least 4 members (excludes halogenated alkanes) is 2. The molecule has 0 aromatic heterocycles. The normalized spacial score (nSPS) is 12.7. The molecule has 3 rings (SSSR count). The molecule has 2 aromatic carbocycles. The number of hydrogen-bond donors (Lipinski definition) is 3. The van der Waals surface area contributed by atoms with E-state index in [9.17, 15) is 14.4 Å². The van der Waals surface area contributed by atoms with Crippen LogP contribution in [-0.2, 0) is 16.8 Å². The van der Waals surface area contributed by atoms with Crippen LogP contribution in [0.2, 0.25) is 0 Å². The van der Waals surface area contributed by atoms with Crippen LogP contribution in [0.5, 0.6) is 11.5 Å². The minimum Gasteiger partial charge on any atom is -0.491 e. The number of nitrogens with zero attached hydrogens (tertiary/aromatic N) is 2. The summed E-state index contributed by atoms with van der Waals surface area (Å²) in [5.41, 5.74) is 2.10. The number of ether oxygens (including phenoxy) is 2. The van der Waals surface area contributed by atoms with Gasteiger partial charge in [0.15, 0.2) is 17.3 Å². The molecule has 3 N–H and O–H groups in total. The topological polar surface area (TPSA) is 132 Å². The Morgan fingerprint density at radius 1 is 1.09 bits per heavy atom. The van der Waals surface area contributed by atoms with Gasteiger partial charge in [-0.05, 0) is 49.8 Å². The fraction of sp³-hybridized carbons (Fsp3) is 0.500. The number of benzene rings is 2. The lowest BCUT2D eigenvalue weighted by Gasteiger charge is -2.28. The molecule has 0 bridgehead atoms. The summed E-state index contributed by atoms with van der Waals surface area (Å²) in [6, 6.07) is 5.03. The lowest BCUT2D eigenvalue weighted by Crippen LogP contribution is -2.30. The number of carboxylic acid groups (broad SMARTS) is 1. The average Bonchev–Trinajstić information content (AvgIpc) is 3.25. The van der Waals surface area contributed by atoms with Crippen LogP contribution in [0.25, 0.3) is 0 Å². The zero-order valence-electron chi connectivity index (χ0n) is 26.1. The summed E-state index contributed by atoms with van der Waals surface area (Å²) < 4.78 is 27.2. The molecule has 2 aromatic rings. The van der Waals surface area contributed by atoms with Crippen molar-refractivity contribution in [3.05, 3.63) is 51.8 Å². The molecule has 11 heteroatoms. The molecule has 0 radical (unpaired) electrons. The van der Waals surface area contributed by atoms with Crippen molar-refractivity contribution < 1.29 is 33.4 Å². The first kappa shape index (κ1) is 33.4. The van der Waals surface area contributed by atoms with Gasteiger partial charge < -0.3 is 29.7 Å². The monoisotopic (exact) mass is 598 g/mol. The van der Waals surface area contributed by atoms with Gasteiger partial charge >= 0.3 is 5.97 Å². The number of halogens is 1. The zero-order valence-corrected chi connectivity index (χ0v) is 26.1. The summed E-state index contributed by atoms with van der Waals surface area (Å²) in [6.07, 6.45) is 2.14. The Labute approximate surface area is 252 Å². The van der Waals surface area contributed by atoms with Crippen molar-refractivity contribution in [2.45, 2.75) is 65.3 Å². The number of aliphatic carboxylic acids is 1. The largest absolute Gasteiger partial charge is 0.491 e. The van der Waals surface area contributed by atoms with E-state index < -0.39 is 17.7 Å². The highest BCUT2D eigenvalue weighted by Gasteiger charge is 2.34. The van der Waals surface area contributed by atoms with Gasteiger partial charge in [-0.15, -0.1) is 0 Å². The number of hydrogen-bond acceptors (Lipinski definition) is 7. The first-order chi connectivity index (χ1) is 20.2. The summed E-state index contributed by atoms with van der Waals surface area (Å²) in [5.74, 6) is -1.82. The van der Waals surface area contributed by atoms with Gasteiger partial charge in [-0.25, -0.2) is 4.39 Å². The molecule has 10 nitrogen and oxygen atoms in total. The quantitative estimate of drug-likeness (QED) is 0.205. The lowest BCUT2D eigenvalue weighted by molar-refractivity contribution is -0.137. The first-order valence-corrected chi connectivity index (χ1v) is 14.5. The molecule has 0 saturated carbocycles. The highest BCUT2D eigenvalue weighted by molar-refractivity contribution is 6.08. The number of ketones is 1. The molecule has 0 atom stereocenters. The predicted molar refractivity (Wildman–Crippen MR) is 164 cm³/mol. The van der Waals surface area contributed by atoms with E-state index in [-0.39, 0.29) is 65.6 Å². The van der Waals surface area contributed by atoms with E-state index in [1.54, 1.807) is 13.0 Å². The minimum absolute atomic E-state index is 0.00134. The fourth-order valence-corrected chi connectivity index (χ4v) is 5.01. The van der Waals surface area contributed by atoms with E-state index in [1.807, 2.05) is 45.8 Å². The maximum Gasteiger partial charge on any atom is 0.303 e. The van der Waals surface area contributed by atoms with Gasteiger partial charge in [-0.2, -0.15) is 0 Å². The van der Waals surface area contributed by atoms with Gasteiger partial charge in [0.1, 0.15) is 11.6 Å². The molecule has 1 heterocycles. The zero-order chi connectivity index (χ0) is 32.1. The average molecular weight is 599 g/mol. The summed E-state index contributed by atoms with van der Waals surface area (Å²) >= 11 is 0. The molecule has 0 saturated heterocycles. The molecule has 0 aliphatic carbocycles. The number of amidine groups is 1. The number of anilines is 1. The van der Waals surface area contributed by atoms with Crippen molar-refractivity contribution in [2.75, 3.05) is 45.8 Å². The second-order valence-electron chi connectivity index (χ2n) is 11.8. The molecule has 1 amide bonds. The summed E-state index contributed by atoms with van der Waals surface area (Å²) in [7, 11) is 5.17. The van der Waals surface area contributed by atoms with Crippen molar-refractivity contribution in [3.8, 4) is 11.5 Å². The van der Waals surface area contributed by atoms with Crippen LogP contribution in [0.4, 0.5) is 10.1 Å². The standard InChI is InChI=1S/C32H43FN4O6/c1-8-42-28-21(31(41)35-5)16-20-22(27(28)33)17-37(30(20)34)18-25(38)19-14-23(32(2,3)4)29(24(15-19)36(6)7)43-13-11-9-10-12-26(39)40/h14-16,34H,8-13,17-18H2,1-7H3,(H,35,41)(H,39,40). The van der Waals surface area contributed by atoms with Gasteiger partial charge in [0.25, 0.3) is 5.91 Å². The molecular formula is C32H43FN4O6. The Hall–Kier alpha value is -4.15. The maximum absolute atomic E-state index is 15.5. The van der Waals surface area contributed by atoms with Gasteiger partial charge in [-0.3, -0.25) is 19.8 Å². The Balaban J connectivity index is 1.89. The van der Waals surface area contributed by atoms with Crippen LogP contribution in [-0.4, -0.2) is 74.4 Å². The van der Waals surface area contributed by atoms with Crippen molar-refractivity contribution >= 4 is 29.2 Å². The van der Waals surface area contributed by atoms with Gasteiger partial charge in [-0.1, -0.05) is 20.8 Å². The number of carbonyl (C=O) groups is 3. The molecule has 0 fully saturated rings. The highest BCUT2D eigenvalue weighted by Crippen LogP contribution is 2.40. The Morgan fingerprint density at radius 3 is 2.37 bits per heavy atom. The number of Topliss-reactive ketones (excluding diaryl/α,β-unsaturated/α-hetero) is 1. The molecule has 1 aliphatic heterocycles. The third kappa shape index (κ3) is 7.63. The first-order valence-electron chi connectivity index (χ1n) is 14.5. The Bertz CT molecular complexity index is 1400. The summed E-state index contributed by atoms with van der Waals surface area (Å²) in [5, 5.41) is 20.1. The SMILES string of the molecule is CCOc1c(C(=O)NC)cc2c(c1F)CN(CC(=O)c1cc(N(C)C)c(OCCCCCC(=O)O)c(C(C)(C)C)c1)C2=N. The third-order valence-electron chi connectivity index (χ3n) is 7.30. The number of amides is 1. The number of rotatable bonds is 14. The van der Waals surface area contributed by atoms with Crippen molar-refractivity contribution in [1.82, 2.24) is 10.2 Å². The van der Waals surface area contributed by atoms with Crippen LogP contribution < -0.4 is 19.7 Å². The van der Waals surface area contributed by atoms with Gasteiger partial charge in [0.2, 0.25) is 0 Å². The van der Waals surface area contributed by atoms with E-state index in [0.717, 1.165) is 17.7 Å². The van der Waals surface area contributed by atoms with E-state index >= 15 is 4.39 Å². The number of nitrogens with one attached hydrogen (secondary N) is 2. The predicted octanol–water partition coefficient (Wildman–Crippen LogP) is 5.00. The molecule has 0 spiro atoms. The number of carboxylic acids is 1. The maximum atomic E-state index is 15.5. The molecule has 1 aliphatic rings. The fourth-order valence-electron chi connectivity index (χ4n) is 5.01. The van der Waals surface area contributed by atoms with Gasteiger partial charge in [0, 0.05) is 56.4 Å². The minimum atomic E-state index is -0.812. The van der Waals surface area contributed by atoms with Crippen molar-refractivity contribution in [3.63, 3.8) is 0 Å². The van der Waals surface area contributed by atoms with Crippen LogP contribution in [0.3, 0.4) is 0 Å². The highest BCUT2D eigenvalue weighted by atomic mass is 19.1. The smallest absolute Gasteiger partial charge is 0.303 e. The number of carbonyl (C=O) groups excluding carboxylic acids is 2. The summed E-state index contributed by atoms with van der Waals surface area (Å²) in [4.78, 5) is 40.3. The summed E-state index contributed by atoms with van der Waals surface area (Å²) in [6.45, 7) is 8.20. The number of fused-ring (bicyclic) bond motifs is 1. The van der Waals surface area contributed by atoms with E-state index in [0.29, 0.717) is 30.8 Å². The molecule has 0 unspecified atom stereocenters. The van der Waals surface area contributed by atoms with Crippen LogP contribution in [0, 0.1) is 11.2 Å². The third-order valence-corrected chi connectivity index (χ3v) is 7.30. The van der Waals surface area contributed by atoms with E-state index in [1.165, 1.54) is 18.0 Å². The van der Waals surface area contributed by atoms with Crippen LogP contribution in [0.1, 0.15) is 90.8 Å². The lowest BCUT2D eigenvalue weighted by atomic mass is 9.84. The molecule has 43 heavy (non-hydrogen) atoms. The Kier molecular flexibility index (Phi) is 10.8.